The highest BCUT2D eigenvalue weighted by molar-refractivity contribution is 5.84. The first kappa shape index (κ1) is 19.1. The molecule has 0 saturated carbocycles. The van der Waals surface area contributed by atoms with E-state index < -0.39 is 0 Å². The molecule has 2 aliphatic rings. The van der Waals surface area contributed by atoms with Gasteiger partial charge in [0.1, 0.15) is 0 Å². The highest BCUT2D eigenvalue weighted by Crippen LogP contribution is 2.52. The summed E-state index contributed by atoms with van der Waals surface area (Å²) in [7, 11) is 1.66. The average Bonchev–Trinajstić information content (AvgIpc) is 3.24. The summed E-state index contributed by atoms with van der Waals surface area (Å²) in [6, 6.07) is 17.2. The fraction of sp³-hybridized carbons (Fsp3) is 0.478. The van der Waals surface area contributed by atoms with E-state index in [4.69, 9.17) is 4.74 Å². The van der Waals surface area contributed by atoms with E-state index in [1.54, 1.807) is 7.11 Å². The van der Waals surface area contributed by atoms with E-state index in [0.717, 1.165) is 31.5 Å². The maximum atomic E-state index is 13.4. The zero-order chi connectivity index (χ0) is 19.4. The first-order valence-corrected chi connectivity index (χ1v) is 10.2. The number of pyridine rings is 1. The van der Waals surface area contributed by atoms with Crippen LogP contribution >= 0.6 is 0 Å². The van der Waals surface area contributed by atoms with Crippen LogP contribution in [-0.4, -0.2) is 48.1 Å². The number of nitrogens with one attached hydrogen (secondary N) is 1. The van der Waals surface area contributed by atoms with Gasteiger partial charge in [0.2, 0.25) is 5.91 Å². The predicted octanol–water partition coefficient (Wildman–Crippen LogP) is 2.81. The molecule has 1 aromatic carbocycles. The van der Waals surface area contributed by atoms with Gasteiger partial charge in [-0.1, -0.05) is 36.4 Å². The van der Waals surface area contributed by atoms with Crippen LogP contribution in [0.1, 0.15) is 30.5 Å². The number of nitrogens with zero attached hydrogens (tertiary/aromatic N) is 2. The number of carbonyl (C=O) groups is 1. The number of hydrogen-bond donors (Lipinski definition) is 1. The van der Waals surface area contributed by atoms with Crippen molar-refractivity contribution in [3.63, 3.8) is 0 Å². The summed E-state index contributed by atoms with van der Waals surface area (Å²) in [6.07, 6.45) is 5.79. The van der Waals surface area contributed by atoms with E-state index in [9.17, 15) is 4.79 Å². The van der Waals surface area contributed by atoms with Crippen LogP contribution in [0.2, 0.25) is 0 Å². The quantitative estimate of drug-likeness (QED) is 0.717. The fourth-order valence-corrected chi connectivity index (χ4v) is 5.14. The third kappa shape index (κ3) is 3.69. The van der Waals surface area contributed by atoms with Crippen molar-refractivity contribution in [3.05, 3.63) is 66.0 Å². The summed E-state index contributed by atoms with van der Waals surface area (Å²) < 4.78 is 5.13. The third-order valence-corrected chi connectivity index (χ3v) is 6.36. The number of aromatic nitrogens is 1. The number of methoxy groups -OCH3 is 1. The monoisotopic (exact) mass is 379 g/mol. The van der Waals surface area contributed by atoms with Crippen LogP contribution in [0.15, 0.2) is 54.7 Å². The van der Waals surface area contributed by atoms with Gasteiger partial charge in [0.15, 0.2) is 0 Å². The van der Waals surface area contributed by atoms with Gasteiger partial charge in [-0.2, -0.15) is 0 Å². The van der Waals surface area contributed by atoms with Crippen LogP contribution in [0.25, 0.3) is 0 Å². The number of fused-ring (bicyclic) bond motifs is 2. The predicted molar refractivity (Wildman–Crippen MR) is 109 cm³/mol. The van der Waals surface area contributed by atoms with E-state index in [2.05, 4.69) is 45.5 Å². The Morgan fingerprint density at radius 1 is 1.21 bits per heavy atom. The van der Waals surface area contributed by atoms with Crippen molar-refractivity contribution in [2.75, 3.05) is 20.3 Å². The first-order chi connectivity index (χ1) is 13.7. The Morgan fingerprint density at radius 3 is 2.79 bits per heavy atom. The summed E-state index contributed by atoms with van der Waals surface area (Å²) in [4.78, 5) is 20.5. The van der Waals surface area contributed by atoms with Crippen molar-refractivity contribution in [1.82, 2.24) is 15.2 Å². The van der Waals surface area contributed by atoms with Crippen LogP contribution in [0.4, 0.5) is 0 Å². The Bertz CT molecular complexity index is 783. The zero-order valence-corrected chi connectivity index (χ0v) is 16.5. The summed E-state index contributed by atoms with van der Waals surface area (Å²) in [6.45, 7) is 1.92. The van der Waals surface area contributed by atoms with E-state index in [1.165, 1.54) is 12.0 Å². The minimum atomic E-state index is -0.382. The summed E-state index contributed by atoms with van der Waals surface area (Å²) in [5, 5.41) is 3.15. The average molecular weight is 380 g/mol. The maximum absolute atomic E-state index is 13.4. The molecule has 0 aliphatic carbocycles. The normalized spacial score (nSPS) is 26.5. The van der Waals surface area contributed by atoms with Crippen molar-refractivity contribution in [2.24, 2.45) is 5.41 Å². The number of carbonyl (C=O) groups excluding carboxylic acids is 1. The van der Waals surface area contributed by atoms with Gasteiger partial charge < -0.3 is 10.1 Å². The van der Waals surface area contributed by atoms with Crippen molar-refractivity contribution in [1.29, 1.82) is 0 Å². The fourth-order valence-electron chi connectivity index (χ4n) is 5.14. The zero-order valence-electron chi connectivity index (χ0n) is 16.5. The molecule has 2 aromatic rings. The Labute approximate surface area is 167 Å². The SMILES string of the molecule is COCCNC(=O)[C@]1(Cc2ccccc2)C[C@@H]2CC[C@H]1N2Cc1ccccn1. The molecule has 0 radical (unpaired) electrons. The summed E-state index contributed by atoms with van der Waals surface area (Å²) in [5.41, 5.74) is 1.93. The van der Waals surface area contributed by atoms with Crippen molar-refractivity contribution < 1.29 is 9.53 Å². The smallest absolute Gasteiger partial charge is 0.228 e. The largest absolute Gasteiger partial charge is 0.383 e. The number of benzene rings is 1. The molecule has 1 aromatic heterocycles. The lowest BCUT2D eigenvalue weighted by Crippen LogP contribution is -2.51. The molecule has 4 rings (SSSR count). The van der Waals surface area contributed by atoms with Crippen LogP contribution in [0, 0.1) is 5.41 Å². The van der Waals surface area contributed by atoms with Crippen LogP contribution < -0.4 is 5.32 Å². The number of hydrogen-bond acceptors (Lipinski definition) is 4. The summed E-state index contributed by atoms with van der Waals surface area (Å²) >= 11 is 0. The molecule has 2 fully saturated rings. The molecule has 2 aliphatic heterocycles. The maximum Gasteiger partial charge on any atom is 0.228 e. The van der Waals surface area contributed by atoms with E-state index in [0.29, 0.717) is 19.2 Å². The van der Waals surface area contributed by atoms with E-state index in [-0.39, 0.29) is 17.4 Å². The minimum Gasteiger partial charge on any atom is -0.383 e. The second kappa shape index (κ2) is 8.41. The lowest BCUT2D eigenvalue weighted by molar-refractivity contribution is -0.133. The Balaban J connectivity index is 1.59. The Hall–Kier alpha value is -2.24. The van der Waals surface area contributed by atoms with Gasteiger partial charge in [0.05, 0.1) is 17.7 Å². The number of rotatable bonds is 8. The van der Waals surface area contributed by atoms with Gasteiger partial charge in [-0.3, -0.25) is 14.7 Å². The Morgan fingerprint density at radius 2 is 2.04 bits per heavy atom. The second-order valence-electron chi connectivity index (χ2n) is 8.01. The van der Waals surface area contributed by atoms with Crippen LogP contribution in [-0.2, 0) is 22.5 Å². The van der Waals surface area contributed by atoms with Crippen LogP contribution in [0.3, 0.4) is 0 Å². The molecule has 3 atom stereocenters. The van der Waals surface area contributed by atoms with Crippen molar-refractivity contribution in [3.8, 4) is 0 Å². The summed E-state index contributed by atoms with van der Waals surface area (Å²) in [5.74, 6) is 0.173. The van der Waals surface area contributed by atoms with Crippen molar-refractivity contribution >= 4 is 5.91 Å². The van der Waals surface area contributed by atoms with Crippen molar-refractivity contribution in [2.45, 2.75) is 44.3 Å². The molecule has 5 nitrogen and oxygen atoms in total. The Kier molecular flexibility index (Phi) is 5.74. The topological polar surface area (TPSA) is 54.5 Å². The molecule has 2 bridgehead atoms. The number of amides is 1. The lowest BCUT2D eigenvalue weighted by atomic mass is 9.69. The van der Waals surface area contributed by atoms with Gasteiger partial charge in [-0.15, -0.1) is 0 Å². The molecule has 148 valence electrons. The molecule has 3 heterocycles. The van der Waals surface area contributed by atoms with Gasteiger partial charge in [0, 0.05) is 38.5 Å². The van der Waals surface area contributed by atoms with Gasteiger partial charge in [-0.25, -0.2) is 0 Å². The van der Waals surface area contributed by atoms with E-state index >= 15 is 0 Å². The highest BCUT2D eigenvalue weighted by Gasteiger charge is 2.59. The standard InChI is InChI=1S/C23H29N3O2/c1-28-14-13-25-22(27)23(15-18-7-3-2-4-8-18)16-20-10-11-21(23)26(20)17-19-9-5-6-12-24-19/h2-9,12,20-21H,10-11,13-17H2,1H3,(H,25,27)/t20-,21+,23+/m0/s1. The lowest BCUT2D eigenvalue weighted by Gasteiger charge is -2.36. The molecular weight excluding hydrogens is 350 g/mol. The number of ether oxygens (including phenoxy) is 1. The molecule has 0 unspecified atom stereocenters. The molecule has 2 saturated heterocycles. The van der Waals surface area contributed by atoms with Gasteiger partial charge >= 0.3 is 0 Å². The molecule has 28 heavy (non-hydrogen) atoms. The first-order valence-electron chi connectivity index (χ1n) is 10.2. The highest BCUT2D eigenvalue weighted by atomic mass is 16.5. The second-order valence-corrected chi connectivity index (χ2v) is 8.01. The minimum absolute atomic E-state index is 0.173. The van der Waals surface area contributed by atoms with E-state index in [1.807, 2.05) is 24.4 Å². The molecule has 1 amide bonds. The molecular formula is C23H29N3O2. The van der Waals surface area contributed by atoms with Gasteiger partial charge in [0.25, 0.3) is 0 Å². The molecule has 5 heteroatoms. The molecule has 1 N–H and O–H groups in total. The molecule has 0 spiro atoms. The van der Waals surface area contributed by atoms with Gasteiger partial charge in [-0.05, 0) is 43.4 Å². The third-order valence-electron chi connectivity index (χ3n) is 6.36. The van der Waals surface area contributed by atoms with Crippen LogP contribution in [0.5, 0.6) is 0 Å².